The number of rotatable bonds is 6. The second-order valence-electron chi connectivity index (χ2n) is 15.8. The standard InChI is InChI=1S/C45H56N2O12/c1-22-14-13-15-23(2)44(55)47-35-30(21-46-20-29-16-11-10-12-17-29)39(52)32-33(40(35)53)38(51)27(6)42-34(32)43(54)45(8,59-42)57-19-18-31(56-9)24(3)41(58-28(7)48)26(5)37(50)25(4)36(22)49/h10-19,22,24-26,31,36-37,41,46,49-53H,20-21H2,1-9H3,(H,47,55)/t22-,24-,25-,26-,31+,36-,37-,41-,45-/m0/s1. The fourth-order valence-electron chi connectivity index (χ4n) is 7.89. The number of ether oxygens (including phenoxy) is 4. The zero-order valence-electron chi connectivity index (χ0n) is 34.9. The van der Waals surface area contributed by atoms with Crippen LogP contribution in [0.4, 0.5) is 5.69 Å². The Morgan fingerprint density at radius 1 is 0.898 bits per heavy atom. The number of anilines is 1. The Kier molecular flexibility index (Phi) is 13.8. The first-order valence-corrected chi connectivity index (χ1v) is 19.7. The molecule has 3 aliphatic heterocycles. The number of aliphatic hydroxyl groups excluding tert-OH is 2. The molecule has 7 N–H and O–H groups in total. The molecule has 5 bridgehead atoms. The average molecular weight is 817 g/mol. The van der Waals surface area contributed by atoms with Gasteiger partial charge in [0.1, 0.15) is 23.4 Å². The van der Waals surface area contributed by atoms with E-state index in [-0.39, 0.29) is 51.0 Å². The number of carbonyl (C=O) groups is 3. The van der Waals surface area contributed by atoms with E-state index in [4.69, 9.17) is 18.9 Å². The molecule has 1 amide bonds. The summed E-state index contributed by atoms with van der Waals surface area (Å²) in [5, 5.41) is 63.8. The van der Waals surface area contributed by atoms with Crippen LogP contribution in [0.3, 0.4) is 0 Å². The van der Waals surface area contributed by atoms with E-state index < -0.39 is 88.8 Å². The van der Waals surface area contributed by atoms with Crippen molar-refractivity contribution in [1.29, 1.82) is 0 Å². The highest BCUT2D eigenvalue weighted by Crippen LogP contribution is 2.55. The highest BCUT2D eigenvalue weighted by molar-refractivity contribution is 6.22. The maximum Gasteiger partial charge on any atom is 0.312 e. The number of phenols is 3. The van der Waals surface area contributed by atoms with E-state index in [1.807, 2.05) is 30.3 Å². The maximum absolute atomic E-state index is 14.4. The van der Waals surface area contributed by atoms with Gasteiger partial charge < -0.3 is 55.1 Å². The molecule has 14 nitrogen and oxygen atoms in total. The Bertz CT molecular complexity index is 2170. The minimum Gasteiger partial charge on any atom is -0.507 e. The summed E-state index contributed by atoms with van der Waals surface area (Å²) in [6.45, 7) is 12.8. The highest BCUT2D eigenvalue weighted by Gasteiger charge is 2.50. The fraction of sp³-hybridized carbons (Fsp3) is 0.444. The third-order valence-corrected chi connectivity index (χ3v) is 11.6. The van der Waals surface area contributed by atoms with Crippen molar-refractivity contribution < 1.29 is 58.9 Å². The van der Waals surface area contributed by atoms with Crippen molar-refractivity contribution in [2.45, 2.75) is 98.7 Å². The van der Waals surface area contributed by atoms with Crippen molar-refractivity contribution in [3.63, 3.8) is 0 Å². The van der Waals surface area contributed by atoms with Crippen molar-refractivity contribution in [3.05, 3.63) is 88.7 Å². The van der Waals surface area contributed by atoms with Gasteiger partial charge in [0.2, 0.25) is 0 Å². The van der Waals surface area contributed by atoms with Crippen LogP contribution in [0.2, 0.25) is 0 Å². The number of allylic oxidation sites excluding steroid dienone is 2. The molecule has 318 valence electrons. The van der Waals surface area contributed by atoms with Gasteiger partial charge in [0, 0.05) is 79.8 Å². The minimum absolute atomic E-state index is 0.0301. The Morgan fingerprint density at radius 3 is 2.22 bits per heavy atom. The number of nitrogens with one attached hydrogen (secondary N) is 2. The van der Waals surface area contributed by atoms with Gasteiger partial charge >= 0.3 is 11.8 Å². The molecular formula is C45H56N2O12. The van der Waals surface area contributed by atoms with Crippen molar-refractivity contribution in [2.24, 2.45) is 23.7 Å². The number of phenolic OH excluding ortho intramolecular Hbond substituents is 3. The molecule has 0 radical (unpaired) electrons. The van der Waals surface area contributed by atoms with Crippen LogP contribution >= 0.6 is 0 Å². The zero-order valence-corrected chi connectivity index (χ0v) is 34.9. The quantitative estimate of drug-likeness (QED) is 0.0860. The lowest BCUT2D eigenvalue weighted by atomic mass is 9.78. The summed E-state index contributed by atoms with van der Waals surface area (Å²) in [6, 6.07) is 9.42. The van der Waals surface area contributed by atoms with Crippen LogP contribution in [0.1, 0.15) is 75.5 Å². The largest absolute Gasteiger partial charge is 0.507 e. The summed E-state index contributed by atoms with van der Waals surface area (Å²) in [4.78, 5) is 40.5. The molecule has 9 atom stereocenters. The Hall–Kier alpha value is -5.41. The normalized spacial score (nSPS) is 27.9. The Labute approximate surface area is 344 Å². The maximum atomic E-state index is 14.4. The molecule has 3 heterocycles. The van der Waals surface area contributed by atoms with Crippen LogP contribution in [-0.2, 0) is 36.9 Å². The number of amides is 1. The monoisotopic (exact) mass is 816 g/mol. The summed E-state index contributed by atoms with van der Waals surface area (Å²) < 4.78 is 23.6. The molecule has 0 unspecified atom stereocenters. The fourth-order valence-corrected chi connectivity index (χ4v) is 7.89. The number of hydrogen-bond acceptors (Lipinski definition) is 13. The van der Waals surface area contributed by atoms with E-state index in [1.54, 1.807) is 39.8 Å². The first kappa shape index (κ1) is 44.7. The van der Waals surface area contributed by atoms with Gasteiger partial charge in [-0.25, -0.2) is 0 Å². The Balaban J connectivity index is 1.68. The molecule has 0 saturated carbocycles. The van der Waals surface area contributed by atoms with Gasteiger partial charge in [0.05, 0.1) is 41.2 Å². The van der Waals surface area contributed by atoms with Crippen LogP contribution < -0.4 is 15.4 Å². The summed E-state index contributed by atoms with van der Waals surface area (Å²) in [6.07, 6.45) is 3.61. The zero-order chi connectivity index (χ0) is 43.5. The molecule has 14 heteroatoms. The number of benzene rings is 3. The number of Topliss-reactive ketones (excluding diaryl/α,β-unsaturated/α-hetero) is 1. The van der Waals surface area contributed by atoms with E-state index in [2.05, 4.69) is 10.6 Å². The van der Waals surface area contributed by atoms with E-state index in [9.17, 15) is 39.9 Å². The van der Waals surface area contributed by atoms with E-state index >= 15 is 0 Å². The molecule has 3 aliphatic rings. The molecule has 0 aliphatic carbocycles. The number of aliphatic hydroxyl groups is 2. The minimum atomic E-state index is -2.03. The number of hydrogen-bond donors (Lipinski definition) is 7. The molecule has 59 heavy (non-hydrogen) atoms. The van der Waals surface area contributed by atoms with Crippen LogP contribution in [0, 0.1) is 30.6 Å². The van der Waals surface area contributed by atoms with E-state index in [1.165, 1.54) is 53.2 Å². The second kappa shape index (κ2) is 18.2. The molecule has 6 rings (SSSR count). The van der Waals surface area contributed by atoms with Crippen LogP contribution in [0.25, 0.3) is 10.8 Å². The molecular weight excluding hydrogens is 760 g/mol. The number of fused-ring (bicyclic) bond motifs is 14. The van der Waals surface area contributed by atoms with Gasteiger partial charge in [-0.15, -0.1) is 0 Å². The summed E-state index contributed by atoms with van der Waals surface area (Å²) >= 11 is 0. The first-order chi connectivity index (χ1) is 27.8. The molecule has 0 aromatic heterocycles. The van der Waals surface area contributed by atoms with E-state index in [0.29, 0.717) is 6.54 Å². The smallest absolute Gasteiger partial charge is 0.312 e. The van der Waals surface area contributed by atoms with E-state index in [0.717, 1.165) is 5.56 Å². The van der Waals surface area contributed by atoms with Crippen LogP contribution in [0.15, 0.2) is 66.5 Å². The molecule has 0 saturated heterocycles. The summed E-state index contributed by atoms with van der Waals surface area (Å²) in [5.41, 5.74) is 0.853. The van der Waals surface area contributed by atoms with Gasteiger partial charge in [-0.3, -0.25) is 14.4 Å². The summed E-state index contributed by atoms with van der Waals surface area (Å²) in [7, 11) is 1.44. The molecule has 0 spiro atoms. The molecule has 3 aromatic carbocycles. The van der Waals surface area contributed by atoms with Crippen molar-refractivity contribution >= 4 is 34.1 Å². The Morgan fingerprint density at radius 2 is 1.58 bits per heavy atom. The molecule has 3 aromatic rings. The number of esters is 1. The van der Waals surface area contributed by atoms with Gasteiger partial charge in [-0.05, 0) is 25.5 Å². The number of ketones is 1. The van der Waals surface area contributed by atoms with Gasteiger partial charge in [0.15, 0.2) is 5.75 Å². The van der Waals surface area contributed by atoms with Crippen molar-refractivity contribution in [2.75, 3.05) is 12.4 Å². The van der Waals surface area contributed by atoms with Crippen molar-refractivity contribution in [3.8, 4) is 23.0 Å². The average Bonchev–Trinajstić information content (AvgIpc) is 3.47. The third kappa shape index (κ3) is 8.96. The SMILES string of the molecule is CO[C@@H]1C=CO[C@@]2(C)Oc3c(C)c(O)c4c(O)c(c(CNCc5ccccc5)c(O)c4c3C2=O)NC(=O)C(C)=CC=C[C@H](C)[C@H](O)[C@H](C)[C@H](O)[C@H](C)[C@@H](OC(C)=O)[C@H]1C. The van der Waals surface area contributed by atoms with Gasteiger partial charge in [0.25, 0.3) is 11.7 Å². The second-order valence-corrected chi connectivity index (χ2v) is 15.8. The van der Waals surface area contributed by atoms with Crippen LogP contribution in [-0.4, -0.2) is 80.5 Å². The first-order valence-electron chi connectivity index (χ1n) is 19.7. The van der Waals surface area contributed by atoms with Crippen LogP contribution in [0.5, 0.6) is 23.0 Å². The predicted molar refractivity (Wildman–Crippen MR) is 221 cm³/mol. The topological polar surface area (TPSA) is 213 Å². The van der Waals surface area contributed by atoms with Gasteiger partial charge in [-0.1, -0.05) is 76.3 Å². The number of carbonyl (C=O) groups excluding carboxylic acids is 3. The lowest BCUT2D eigenvalue weighted by Crippen LogP contribution is -2.46. The lowest BCUT2D eigenvalue weighted by Gasteiger charge is -2.38. The van der Waals surface area contributed by atoms with Crippen molar-refractivity contribution in [1.82, 2.24) is 5.32 Å². The number of methoxy groups -OCH3 is 1. The lowest BCUT2D eigenvalue weighted by molar-refractivity contribution is -0.160. The third-order valence-electron chi connectivity index (χ3n) is 11.6. The highest BCUT2D eigenvalue weighted by atomic mass is 16.7. The summed E-state index contributed by atoms with van der Waals surface area (Å²) in [5.74, 6) is -8.14. The molecule has 0 fully saturated rings. The van der Waals surface area contributed by atoms with Gasteiger partial charge in [-0.2, -0.15) is 0 Å². The number of aromatic hydroxyl groups is 3. The predicted octanol–water partition coefficient (Wildman–Crippen LogP) is 6.04.